The highest BCUT2D eigenvalue weighted by Gasteiger charge is 2.26. The number of para-hydroxylation sites is 2. The van der Waals surface area contributed by atoms with Crippen LogP contribution in [0.15, 0.2) is 54.6 Å². The Labute approximate surface area is 146 Å². The lowest BCUT2D eigenvalue weighted by Crippen LogP contribution is -2.32. The number of nitrogens with zero attached hydrogens (tertiary/aromatic N) is 4. The van der Waals surface area contributed by atoms with Gasteiger partial charge in [0.15, 0.2) is 5.69 Å². The normalized spacial score (nSPS) is 14.0. The molecule has 5 nitrogen and oxygen atoms in total. The fourth-order valence-electron chi connectivity index (χ4n) is 3.28. The highest BCUT2D eigenvalue weighted by atomic mass is 16.2. The van der Waals surface area contributed by atoms with E-state index in [1.807, 2.05) is 60.4 Å². The van der Waals surface area contributed by atoms with Gasteiger partial charge in [-0.1, -0.05) is 36.4 Å². The maximum atomic E-state index is 13.2. The first-order valence-corrected chi connectivity index (χ1v) is 8.63. The van der Waals surface area contributed by atoms with Crippen LogP contribution >= 0.6 is 0 Å². The van der Waals surface area contributed by atoms with Gasteiger partial charge in [-0.15, -0.1) is 5.10 Å². The molecule has 3 aromatic rings. The number of carbonyl (C=O) groups excluding carboxylic acids is 1. The molecule has 25 heavy (non-hydrogen) atoms. The van der Waals surface area contributed by atoms with Crippen LogP contribution < -0.4 is 4.90 Å². The summed E-state index contributed by atoms with van der Waals surface area (Å²) in [6, 6.07) is 17.8. The molecule has 2 aromatic carbocycles. The highest BCUT2D eigenvalue weighted by Crippen LogP contribution is 2.27. The fourth-order valence-corrected chi connectivity index (χ4v) is 3.28. The third-order valence-corrected chi connectivity index (χ3v) is 4.58. The Morgan fingerprint density at radius 1 is 0.960 bits per heavy atom. The predicted octanol–water partition coefficient (Wildman–Crippen LogP) is 3.56. The Morgan fingerprint density at radius 3 is 2.56 bits per heavy atom. The molecule has 0 aliphatic carbocycles. The smallest absolute Gasteiger partial charge is 0.280 e. The maximum absolute atomic E-state index is 13.2. The van der Waals surface area contributed by atoms with Crippen LogP contribution in [0.5, 0.6) is 0 Å². The molecule has 0 fully saturated rings. The number of benzene rings is 2. The van der Waals surface area contributed by atoms with Gasteiger partial charge >= 0.3 is 0 Å². The van der Waals surface area contributed by atoms with Crippen LogP contribution in [0, 0.1) is 6.92 Å². The van der Waals surface area contributed by atoms with E-state index in [1.54, 1.807) is 0 Å². The summed E-state index contributed by atoms with van der Waals surface area (Å²) >= 11 is 0. The van der Waals surface area contributed by atoms with Gasteiger partial charge in [-0.05, 0) is 49.9 Å². The molecular weight excluding hydrogens is 312 g/mol. The molecule has 1 aliphatic rings. The van der Waals surface area contributed by atoms with Crippen molar-refractivity contribution in [2.45, 2.75) is 26.2 Å². The average Bonchev–Trinajstić information content (AvgIpc) is 2.91. The van der Waals surface area contributed by atoms with Crippen LogP contribution in [0.2, 0.25) is 0 Å². The predicted molar refractivity (Wildman–Crippen MR) is 97.2 cm³/mol. The van der Waals surface area contributed by atoms with Crippen LogP contribution in [0.3, 0.4) is 0 Å². The molecular formula is C20H20N4O. The van der Waals surface area contributed by atoms with Crippen molar-refractivity contribution in [2.75, 3.05) is 11.4 Å². The van der Waals surface area contributed by atoms with Gasteiger partial charge in [0, 0.05) is 12.2 Å². The van der Waals surface area contributed by atoms with Crippen molar-refractivity contribution < 1.29 is 4.79 Å². The number of amides is 1. The van der Waals surface area contributed by atoms with Crippen molar-refractivity contribution in [3.05, 3.63) is 71.5 Å². The van der Waals surface area contributed by atoms with E-state index in [0.717, 1.165) is 30.6 Å². The van der Waals surface area contributed by atoms with Gasteiger partial charge in [-0.3, -0.25) is 4.79 Å². The molecule has 4 rings (SSSR count). The Balaban J connectivity index is 1.71. The SMILES string of the molecule is Cc1nn(-c2ccccc2)nc1C(=O)N1CCCCc2ccccc21. The number of carbonyl (C=O) groups is 1. The van der Waals surface area contributed by atoms with Gasteiger partial charge in [0.25, 0.3) is 5.91 Å². The summed E-state index contributed by atoms with van der Waals surface area (Å²) < 4.78 is 0. The maximum Gasteiger partial charge on any atom is 0.280 e. The average molecular weight is 332 g/mol. The zero-order valence-electron chi connectivity index (χ0n) is 14.2. The summed E-state index contributed by atoms with van der Waals surface area (Å²) in [6.07, 6.45) is 3.10. The van der Waals surface area contributed by atoms with Crippen molar-refractivity contribution in [3.63, 3.8) is 0 Å². The minimum Gasteiger partial charge on any atom is -0.307 e. The topological polar surface area (TPSA) is 51.0 Å². The van der Waals surface area contributed by atoms with Crippen molar-refractivity contribution in [1.82, 2.24) is 15.0 Å². The van der Waals surface area contributed by atoms with Gasteiger partial charge in [0.1, 0.15) is 0 Å². The zero-order chi connectivity index (χ0) is 17.2. The zero-order valence-corrected chi connectivity index (χ0v) is 14.2. The first-order valence-electron chi connectivity index (χ1n) is 8.63. The summed E-state index contributed by atoms with van der Waals surface area (Å²) in [7, 11) is 0. The van der Waals surface area contributed by atoms with Crippen molar-refractivity contribution in [3.8, 4) is 5.69 Å². The Kier molecular flexibility index (Phi) is 4.06. The largest absolute Gasteiger partial charge is 0.307 e. The van der Waals surface area contributed by atoms with Gasteiger partial charge in [0.2, 0.25) is 0 Å². The molecule has 0 bridgehead atoms. The molecule has 0 radical (unpaired) electrons. The van der Waals surface area contributed by atoms with Crippen molar-refractivity contribution in [1.29, 1.82) is 0 Å². The molecule has 2 heterocycles. The second kappa shape index (κ2) is 6.51. The summed E-state index contributed by atoms with van der Waals surface area (Å²) in [6.45, 7) is 2.55. The minimum atomic E-state index is -0.0750. The molecule has 0 saturated carbocycles. The lowest BCUT2D eigenvalue weighted by atomic mass is 10.1. The van der Waals surface area contributed by atoms with E-state index in [0.29, 0.717) is 17.9 Å². The third kappa shape index (κ3) is 2.93. The Hall–Kier alpha value is -2.95. The van der Waals surface area contributed by atoms with Crippen molar-refractivity contribution >= 4 is 11.6 Å². The molecule has 0 atom stereocenters. The molecule has 0 N–H and O–H groups in total. The van der Waals surface area contributed by atoms with Crippen LogP contribution in [0.1, 0.15) is 34.6 Å². The molecule has 1 amide bonds. The Morgan fingerprint density at radius 2 is 1.72 bits per heavy atom. The summed E-state index contributed by atoms with van der Waals surface area (Å²) in [5.41, 5.74) is 4.14. The number of aromatic nitrogens is 3. The van der Waals surface area contributed by atoms with E-state index in [1.165, 1.54) is 10.4 Å². The first-order chi connectivity index (χ1) is 12.2. The summed E-state index contributed by atoms with van der Waals surface area (Å²) in [5.74, 6) is -0.0750. The standard InChI is InChI=1S/C20H20N4O/c1-15-19(22-24(21-15)17-11-3-2-4-12-17)20(25)23-14-8-7-10-16-9-5-6-13-18(16)23/h2-6,9,11-13H,7-8,10,14H2,1H3. The summed E-state index contributed by atoms with van der Waals surface area (Å²) in [4.78, 5) is 16.6. The number of fused-ring (bicyclic) bond motifs is 1. The van der Waals surface area contributed by atoms with Crippen molar-refractivity contribution in [2.24, 2.45) is 0 Å². The lowest BCUT2D eigenvalue weighted by Gasteiger charge is -2.22. The molecule has 0 saturated heterocycles. The molecule has 0 spiro atoms. The van der Waals surface area contributed by atoms with Gasteiger partial charge in [-0.2, -0.15) is 9.90 Å². The quantitative estimate of drug-likeness (QED) is 0.721. The number of aryl methyl sites for hydroxylation is 2. The number of anilines is 1. The molecule has 0 unspecified atom stereocenters. The van der Waals surface area contributed by atoms with Gasteiger partial charge in [0.05, 0.1) is 11.4 Å². The van der Waals surface area contributed by atoms with Crippen LogP contribution in [0.4, 0.5) is 5.69 Å². The highest BCUT2D eigenvalue weighted by molar-refractivity contribution is 6.05. The molecule has 126 valence electrons. The van der Waals surface area contributed by atoms with E-state index in [9.17, 15) is 4.79 Å². The first kappa shape index (κ1) is 15.6. The number of hydrogen-bond acceptors (Lipinski definition) is 3. The van der Waals surface area contributed by atoms with Crippen LogP contribution in [-0.4, -0.2) is 27.4 Å². The van der Waals surface area contributed by atoms with E-state index in [-0.39, 0.29) is 5.91 Å². The third-order valence-electron chi connectivity index (χ3n) is 4.58. The number of rotatable bonds is 2. The van der Waals surface area contributed by atoms with Gasteiger partial charge < -0.3 is 4.90 Å². The van der Waals surface area contributed by atoms with E-state index in [2.05, 4.69) is 16.3 Å². The van der Waals surface area contributed by atoms with E-state index in [4.69, 9.17) is 0 Å². The monoisotopic (exact) mass is 332 g/mol. The Bertz CT molecular complexity index is 901. The molecule has 1 aliphatic heterocycles. The fraction of sp³-hybridized carbons (Fsp3) is 0.250. The van der Waals surface area contributed by atoms with Crippen LogP contribution in [0.25, 0.3) is 5.69 Å². The van der Waals surface area contributed by atoms with Gasteiger partial charge in [-0.25, -0.2) is 0 Å². The number of hydrogen-bond donors (Lipinski definition) is 0. The van der Waals surface area contributed by atoms with E-state index >= 15 is 0 Å². The summed E-state index contributed by atoms with van der Waals surface area (Å²) in [5, 5.41) is 8.91. The molecule has 5 heteroatoms. The van der Waals surface area contributed by atoms with Crippen LogP contribution in [-0.2, 0) is 6.42 Å². The lowest BCUT2D eigenvalue weighted by molar-refractivity contribution is 0.0981. The second-order valence-corrected chi connectivity index (χ2v) is 6.30. The molecule has 1 aromatic heterocycles. The minimum absolute atomic E-state index is 0.0750. The second-order valence-electron chi connectivity index (χ2n) is 6.30. The van der Waals surface area contributed by atoms with E-state index < -0.39 is 0 Å².